The molecule has 126 valence electrons. The minimum Gasteiger partial charge on any atom is -0.366 e. The van der Waals surface area contributed by atoms with E-state index >= 15 is 0 Å². The van der Waals surface area contributed by atoms with Crippen LogP contribution in [0, 0.1) is 6.92 Å². The third-order valence-electron chi connectivity index (χ3n) is 4.06. The van der Waals surface area contributed by atoms with Crippen LogP contribution in [0.25, 0.3) is 6.08 Å². The summed E-state index contributed by atoms with van der Waals surface area (Å²) in [6.07, 6.45) is 1.88. The van der Waals surface area contributed by atoms with Crippen LogP contribution in [0.1, 0.15) is 16.7 Å². The molecule has 0 bridgehead atoms. The number of piperazine rings is 1. The first-order valence-electron chi connectivity index (χ1n) is 8.12. The molecule has 0 amide bonds. The van der Waals surface area contributed by atoms with E-state index in [2.05, 4.69) is 57.2 Å². The summed E-state index contributed by atoms with van der Waals surface area (Å²) < 4.78 is 0. The van der Waals surface area contributed by atoms with E-state index < -0.39 is 0 Å². The highest BCUT2D eigenvalue weighted by Crippen LogP contribution is 2.20. The lowest BCUT2D eigenvalue weighted by molar-refractivity contribution is 0.580. The Morgan fingerprint density at radius 3 is 2.83 bits per heavy atom. The molecule has 0 aliphatic carbocycles. The predicted octanol–water partition coefficient (Wildman–Crippen LogP) is 3.10. The molecule has 0 spiro atoms. The fourth-order valence-electron chi connectivity index (χ4n) is 2.75. The lowest BCUT2D eigenvalue weighted by Crippen LogP contribution is -2.44. The Balaban J connectivity index is 1.75. The minimum atomic E-state index is 0.453. The van der Waals surface area contributed by atoms with Crippen LogP contribution >= 0.6 is 11.6 Å². The van der Waals surface area contributed by atoms with Crippen LogP contribution in [0.3, 0.4) is 0 Å². The van der Waals surface area contributed by atoms with Crippen molar-refractivity contribution in [2.75, 3.05) is 36.4 Å². The molecule has 1 aliphatic heterocycles. The van der Waals surface area contributed by atoms with E-state index in [0.29, 0.717) is 17.6 Å². The fourth-order valence-corrected chi connectivity index (χ4v) is 2.93. The summed E-state index contributed by atoms with van der Waals surface area (Å²) in [5.74, 6) is 1.42. The van der Waals surface area contributed by atoms with Crippen molar-refractivity contribution in [3.8, 4) is 0 Å². The smallest absolute Gasteiger partial charge is 0.228 e. The Bertz CT molecular complexity index is 725. The van der Waals surface area contributed by atoms with Crippen LogP contribution in [-0.4, -0.2) is 36.1 Å². The van der Waals surface area contributed by atoms with E-state index in [-0.39, 0.29) is 0 Å². The van der Waals surface area contributed by atoms with Crippen LogP contribution in [0.2, 0.25) is 5.15 Å². The molecule has 2 heterocycles. The van der Waals surface area contributed by atoms with Crippen molar-refractivity contribution >= 4 is 29.4 Å². The first-order valence-corrected chi connectivity index (χ1v) is 8.49. The molecule has 2 aromatic rings. The van der Waals surface area contributed by atoms with E-state index in [0.717, 1.165) is 37.6 Å². The van der Waals surface area contributed by atoms with Crippen molar-refractivity contribution in [3.63, 3.8) is 0 Å². The van der Waals surface area contributed by atoms with Crippen LogP contribution in [0.5, 0.6) is 0 Å². The summed E-state index contributed by atoms with van der Waals surface area (Å²) in [5, 5.41) is 7.12. The average molecular weight is 344 g/mol. The molecule has 1 aliphatic rings. The SMILES string of the molecule is C=Cc1cc(C)ccc1CNc1cc(Cl)nc(N2CCNCC2)n1. The molecule has 1 saturated heterocycles. The Hall–Kier alpha value is -2.11. The molecular formula is C18H22ClN5. The third kappa shape index (κ3) is 4.04. The number of hydrogen-bond donors (Lipinski definition) is 2. The second-order valence-electron chi connectivity index (χ2n) is 5.87. The van der Waals surface area contributed by atoms with Crippen LogP contribution < -0.4 is 15.5 Å². The van der Waals surface area contributed by atoms with Crippen molar-refractivity contribution in [2.45, 2.75) is 13.5 Å². The van der Waals surface area contributed by atoms with Gasteiger partial charge in [-0.2, -0.15) is 4.98 Å². The zero-order valence-corrected chi connectivity index (χ0v) is 14.6. The molecule has 2 N–H and O–H groups in total. The van der Waals surface area contributed by atoms with E-state index in [1.807, 2.05) is 6.08 Å². The Morgan fingerprint density at radius 1 is 1.29 bits per heavy atom. The molecule has 0 saturated carbocycles. The van der Waals surface area contributed by atoms with Gasteiger partial charge in [0.15, 0.2) is 0 Å². The highest BCUT2D eigenvalue weighted by atomic mass is 35.5. The number of nitrogens with zero attached hydrogens (tertiary/aromatic N) is 3. The van der Waals surface area contributed by atoms with Crippen LogP contribution in [-0.2, 0) is 6.54 Å². The Morgan fingerprint density at radius 2 is 2.08 bits per heavy atom. The number of aryl methyl sites for hydroxylation is 1. The van der Waals surface area contributed by atoms with Crippen LogP contribution in [0.15, 0.2) is 30.8 Å². The maximum absolute atomic E-state index is 6.18. The molecule has 3 rings (SSSR count). The van der Waals surface area contributed by atoms with Crippen molar-refractivity contribution < 1.29 is 0 Å². The van der Waals surface area contributed by atoms with Crippen molar-refractivity contribution in [1.29, 1.82) is 0 Å². The highest BCUT2D eigenvalue weighted by molar-refractivity contribution is 6.29. The van der Waals surface area contributed by atoms with Gasteiger partial charge in [0.05, 0.1) is 0 Å². The van der Waals surface area contributed by atoms with Gasteiger partial charge in [-0.05, 0) is 18.1 Å². The molecular weight excluding hydrogens is 322 g/mol. The minimum absolute atomic E-state index is 0.453. The van der Waals surface area contributed by atoms with Gasteiger partial charge in [-0.15, -0.1) is 0 Å². The monoisotopic (exact) mass is 343 g/mol. The molecule has 1 aromatic heterocycles. The summed E-state index contributed by atoms with van der Waals surface area (Å²) in [6, 6.07) is 8.10. The summed E-state index contributed by atoms with van der Waals surface area (Å²) in [5.41, 5.74) is 3.53. The van der Waals surface area contributed by atoms with Crippen molar-refractivity contribution in [2.24, 2.45) is 0 Å². The zero-order valence-electron chi connectivity index (χ0n) is 13.8. The second-order valence-corrected chi connectivity index (χ2v) is 6.26. The Labute approximate surface area is 147 Å². The number of nitrogens with one attached hydrogen (secondary N) is 2. The largest absolute Gasteiger partial charge is 0.366 e. The Kier molecular flexibility index (Phi) is 5.33. The van der Waals surface area contributed by atoms with Crippen molar-refractivity contribution in [3.05, 3.63) is 52.7 Å². The molecule has 1 fully saturated rings. The summed E-state index contributed by atoms with van der Waals surface area (Å²) in [4.78, 5) is 11.1. The molecule has 0 unspecified atom stereocenters. The quantitative estimate of drug-likeness (QED) is 0.817. The van der Waals surface area contributed by atoms with Gasteiger partial charge in [0.25, 0.3) is 0 Å². The van der Waals surface area contributed by atoms with Gasteiger partial charge in [-0.25, -0.2) is 4.98 Å². The predicted molar refractivity (Wildman–Crippen MR) is 101 cm³/mol. The second kappa shape index (κ2) is 7.64. The lowest BCUT2D eigenvalue weighted by atomic mass is 10.0. The number of anilines is 2. The zero-order chi connectivity index (χ0) is 16.9. The molecule has 0 atom stereocenters. The summed E-state index contributed by atoms with van der Waals surface area (Å²) >= 11 is 6.18. The first-order chi connectivity index (χ1) is 11.7. The normalized spacial score (nSPS) is 14.5. The summed E-state index contributed by atoms with van der Waals surface area (Å²) in [7, 11) is 0. The third-order valence-corrected chi connectivity index (χ3v) is 4.26. The number of rotatable bonds is 5. The standard InChI is InChI=1S/C18H22ClN5/c1-3-14-10-13(2)4-5-15(14)12-21-17-11-16(19)22-18(23-17)24-8-6-20-7-9-24/h3-5,10-11,20H,1,6-9,12H2,2H3,(H,21,22,23). The maximum atomic E-state index is 6.18. The van der Waals surface area contributed by atoms with Gasteiger partial charge in [0, 0.05) is 38.8 Å². The highest BCUT2D eigenvalue weighted by Gasteiger charge is 2.14. The van der Waals surface area contributed by atoms with Gasteiger partial charge < -0.3 is 15.5 Å². The van der Waals surface area contributed by atoms with E-state index in [1.54, 1.807) is 6.07 Å². The van der Waals surface area contributed by atoms with Gasteiger partial charge in [0.2, 0.25) is 5.95 Å². The topological polar surface area (TPSA) is 53.1 Å². The van der Waals surface area contributed by atoms with Crippen LogP contribution in [0.4, 0.5) is 11.8 Å². The number of aromatic nitrogens is 2. The maximum Gasteiger partial charge on any atom is 0.228 e. The van der Waals surface area contributed by atoms with E-state index in [4.69, 9.17) is 11.6 Å². The van der Waals surface area contributed by atoms with E-state index in [9.17, 15) is 0 Å². The van der Waals surface area contributed by atoms with Gasteiger partial charge in [-0.3, -0.25) is 0 Å². The van der Waals surface area contributed by atoms with Crippen molar-refractivity contribution in [1.82, 2.24) is 15.3 Å². The number of benzene rings is 1. The van der Waals surface area contributed by atoms with Gasteiger partial charge >= 0.3 is 0 Å². The molecule has 0 radical (unpaired) electrons. The molecule has 5 nitrogen and oxygen atoms in total. The first kappa shape index (κ1) is 16.7. The molecule has 6 heteroatoms. The fraction of sp³-hybridized carbons (Fsp3) is 0.333. The van der Waals surface area contributed by atoms with E-state index in [1.165, 1.54) is 11.1 Å². The average Bonchev–Trinajstić information content (AvgIpc) is 2.61. The lowest BCUT2D eigenvalue weighted by Gasteiger charge is -2.27. The number of hydrogen-bond acceptors (Lipinski definition) is 5. The van der Waals surface area contributed by atoms with Gasteiger partial charge in [-0.1, -0.05) is 48.0 Å². The molecule has 1 aromatic carbocycles. The van der Waals surface area contributed by atoms with Gasteiger partial charge in [0.1, 0.15) is 11.0 Å². The number of halogens is 1. The summed E-state index contributed by atoms with van der Waals surface area (Å²) in [6.45, 7) is 10.3. The molecule has 24 heavy (non-hydrogen) atoms.